The van der Waals surface area contributed by atoms with E-state index in [2.05, 4.69) is 16.8 Å². The fourth-order valence-electron chi connectivity index (χ4n) is 4.05. The van der Waals surface area contributed by atoms with Crippen LogP contribution in [0, 0.1) is 6.92 Å². The lowest BCUT2D eigenvalue weighted by atomic mass is 10.1. The fourth-order valence-corrected chi connectivity index (χ4v) is 4.05. The Kier molecular flexibility index (Phi) is 7.74. The highest BCUT2D eigenvalue weighted by Crippen LogP contribution is 2.31. The second-order valence-corrected chi connectivity index (χ2v) is 8.19. The van der Waals surface area contributed by atoms with Crippen LogP contribution in [-0.2, 0) is 17.4 Å². The average Bonchev–Trinajstić information content (AvgIpc) is 2.78. The maximum atomic E-state index is 12.9. The largest absolute Gasteiger partial charge is 0.416 e. The predicted octanol–water partition coefficient (Wildman–Crippen LogP) is 5.26. The minimum Gasteiger partial charge on any atom is -0.353 e. The van der Waals surface area contributed by atoms with Crippen LogP contribution in [0.15, 0.2) is 24.3 Å². The van der Waals surface area contributed by atoms with Crippen LogP contribution in [-0.4, -0.2) is 47.0 Å². The van der Waals surface area contributed by atoms with E-state index in [1.54, 1.807) is 0 Å². The highest BCUT2D eigenvalue weighted by molar-refractivity contribution is 5.76. The average molecular weight is 449 g/mol. The number of carbonyl (C=O) groups is 1. The molecule has 0 atom stereocenters. The normalized spacial score (nSPS) is 14.7. The Morgan fingerprint density at radius 2 is 1.66 bits per heavy atom. The first kappa shape index (κ1) is 24.0. The molecule has 0 N–H and O–H groups in total. The summed E-state index contributed by atoms with van der Waals surface area (Å²) in [4.78, 5) is 25.8. The number of rotatable bonds is 7. The molecule has 174 valence electrons. The van der Waals surface area contributed by atoms with E-state index in [0.29, 0.717) is 44.0 Å². The van der Waals surface area contributed by atoms with Gasteiger partial charge < -0.3 is 9.80 Å². The molecule has 3 rings (SSSR count). The Labute approximate surface area is 187 Å². The SMILES string of the molecule is CCCCCC(=O)N1CCN(c2nc(-c3ccc(C(F)(F)F)cc3)nc(C)c2CC)CC1. The summed E-state index contributed by atoms with van der Waals surface area (Å²) in [6.45, 7) is 8.72. The molecule has 0 bridgehead atoms. The van der Waals surface area contributed by atoms with Crippen molar-refractivity contribution in [1.82, 2.24) is 14.9 Å². The van der Waals surface area contributed by atoms with Crippen LogP contribution in [0.5, 0.6) is 0 Å². The topological polar surface area (TPSA) is 49.3 Å². The standard InChI is InChI=1S/C24H31F3N4O/c1-4-6-7-8-21(32)30-13-15-31(16-14-30)23-20(5-2)17(3)28-22(29-23)18-9-11-19(12-10-18)24(25,26)27/h9-12H,4-8,13-16H2,1-3H3. The number of piperazine rings is 1. The second kappa shape index (κ2) is 10.3. The first-order chi connectivity index (χ1) is 15.2. The molecule has 32 heavy (non-hydrogen) atoms. The Morgan fingerprint density at radius 1 is 1.00 bits per heavy atom. The van der Waals surface area contributed by atoms with E-state index in [9.17, 15) is 18.0 Å². The molecule has 0 spiro atoms. The number of anilines is 1. The van der Waals surface area contributed by atoms with Gasteiger partial charge in [-0.2, -0.15) is 13.2 Å². The summed E-state index contributed by atoms with van der Waals surface area (Å²) < 4.78 is 38.7. The number of aromatic nitrogens is 2. The number of alkyl halides is 3. The van der Waals surface area contributed by atoms with Crippen LogP contribution in [0.2, 0.25) is 0 Å². The van der Waals surface area contributed by atoms with E-state index in [0.717, 1.165) is 54.9 Å². The van der Waals surface area contributed by atoms with Gasteiger partial charge in [-0.1, -0.05) is 38.8 Å². The van der Waals surface area contributed by atoms with Crippen LogP contribution in [0.25, 0.3) is 11.4 Å². The number of unbranched alkanes of at least 4 members (excludes halogenated alkanes) is 2. The summed E-state index contributed by atoms with van der Waals surface area (Å²) >= 11 is 0. The maximum absolute atomic E-state index is 12.9. The van der Waals surface area contributed by atoms with Crippen LogP contribution in [0.4, 0.5) is 19.0 Å². The maximum Gasteiger partial charge on any atom is 0.416 e. The third-order valence-electron chi connectivity index (χ3n) is 5.94. The minimum atomic E-state index is -4.37. The zero-order valence-corrected chi connectivity index (χ0v) is 19.0. The Morgan fingerprint density at radius 3 is 2.22 bits per heavy atom. The van der Waals surface area contributed by atoms with Crippen molar-refractivity contribution in [2.75, 3.05) is 31.1 Å². The van der Waals surface area contributed by atoms with E-state index in [1.165, 1.54) is 12.1 Å². The van der Waals surface area contributed by atoms with Crippen LogP contribution >= 0.6 is 0 Å². The molecule has 1 aliphatic heterocycles. The molecule has 1 aromatic carbocycles. The number of amides is 1. The summed E-state index contributed by atoms with van der Waals surface area (Å²) in [6, 6.07) is 4.95. The van der Waals surface area contributed by atoms with Crippen molar-refractivity contribution in [3.8, 4) is 11.4 Å². The monoisotopic (exact) mass is 448 g/mol. The third kappa shape index (κ3) is 5.58. The lowest BCUT2D eigenvalue weighted by molar-refractivity contribution is -0.137. The van der Waals surface area contributed by atoms with Gasteiger partial charge in [0.1, 0.15) is 5.82 Å². The smallest absolute Gasteiger partial charge is 0.353 e. The van der Waals surface area contributed by atoms with Gasteiger partial charge >= 0.3 is 6.18 Å². The fraction of sp³-hybridized carbons (Fsp3) is 0.542. The van der Waals surface area contributed by atoms with Gasteiger partial charge in [0.25, 0.3) is 0 Å². The van der Waals surface area contributed by atoms with E-state index < -0.39 is 11.7 Å². The molecule has 0 aliphatic carbocycles. The summed E-state index contributed by atoms with van der Waals surface area (Å²) in [5, 5.41) is 0. The molecule has 1 saturated heterocycles. The van der Waals surface area contributed by atoms with Crippen molar-refractivity contribution in [3.63, 3.8) is 0 Å². The van der Waals surface area contributed by atoms with Crippen molar-refractivity contribution in [2.24, 2.45) is 0 Å². The molecular formula is C24H31F3N4O. The number of hydrogen-bond donors (Lipinski definition) is 0. The first-order valence-electron chi connectivity index (χ1n) is 11.3. The van der Waals surface area contributed by atoms with Gasteiger partial charge in [0.2, 0.25) is 5.91 Å². The molecule has 1 aromatic heterocycles. The zero-order chi connectivity index (χ0) is 23.3. The lowest BCUT2D eigenvalue weighted by Gasteiger charge is -2.36. The summed E-state index contributed by atoms with van der Waals surface area (Å²) in [7, 11) is 0. The van der Waals surface area contributed by atoms with Gasteiger partial charge in [-0.05, 0) is 31.9 Å². The molecule has 0 saturated carbocycles. The van der Waals surface area contributed by atoms with Gasteiger partial charge in [0.05, 0.1) is 5.56 Å². The van der Waals surface area contributed by atoms with Crippen molar-refractivity contribution in [3.05, 3.63) is 41.1 Å². The van der Waals surface area contributed by atoms with Gasteiger partial charge in [0, 0.05) is 49.4 Å². The zero-order valence-electron chi connectivity index (χ0n) is 19.0. The second-order valence-electron chi connectivity index (χ2n) is 8.19. The van der Waals surface area contributed by atoms with Gasteiger partial charge in [0.15, 0.2) is 5.82 Å². The van der Waals surface area contributed by atoms with E-state index >= 15 is 0 Å². The Hall–Kier alpha value is -2.64. The van der Waals surface area contributed by atoms with Crippen molar-refractivity contribution in [1.29, 1.82) is 0 Å². The van der Waals surface area contributed by atoms with Crippen LogP contribution in [0.1, 0.15) is 56.4 Å². The highest BCUT2D eigenvalue weighted by atomic mass is 19.4. The molecule has 1 fully saturated rings. The molecule has 0 radical (unpaired) electrons. The molecule has 0 unspecified atom stereocenters. The molecule has 1 amide bonds. The number of nitrogens with zero attached hydrogens (tertiary/aromatic N) is 4. The molecule has 5 nitrogen and oxygen atoms in total. The molecule has 8 heteroatoms. The van der Waals surface area contributed by atoms with Crippen LogP contribution in [0.3, 0.4) is 0 Å². The molecule has 2 aromatic rings. The van der Waals surface area contributed by atoms with Crippen LogP contribution < -0.4 is 4.90 Å². The number of carbonyl (C=O) groups excluding carboxylic acids is 1. The quantitative estimate of drug-likeness (QED) is 0.542. The van der Waals surface area contributed by atoms with Crippen molar-refractivity contribution >= 4 is 11.7 Å². The first-order valence-corrected chi connectivity index (χ1v) is 11.3. The number of halogens is 3. The van der Waals surface area contributed by atoms with Crippen molar-refractivity contribution < 1.29 is 18.0 Å². The molecule has 2 heterocycles. The highest BCUT2D eigenvalue weighted by Gasteiger charge is 2.30. The Balaban J connectivity index is 1.78. The predicted molar refractivity (Wildman–Crippen MR) is 120 cm³/mol. The van der Waals surface area contributed by atoms with E-state index in [1.807, 2.05) is 18.7 Å². The van der Waals surface area contributed by atoms with Gasteiger partial charge in [-0.3, -0.25) is 4.79 Å². The molecular weight excluding hydrogens is 417 g/mol. The third-order valence-corrected chi connectivity index (χ3v) is 5.94. The summed E-state index contributed by atoms with van der Waals surface area (Å²) in [6.07, 6.45) is 0.0638. The Bertz CT molecular complexity index is 920. The summed E-state index contributed by atoms with van der Waals surface area (Å²) in [5.74, 6) is 1.44. The number of aryl methyl sites for hydroxylation is 1. The lowest BCUT2D eigenvalue weighted by Crippen LogP contribution is -2.49. The summed E-state index contributed by atoms with van der Waals surface area (Å²) in [5.41, 5.74) is 1.71. The van der Waals surface area contributed by atoms with E-state index in [-0.39, 0.29) is 5.91 Å². The van der Waals surface area contributed by atoms with Crippen molar-refractivity contribution in [2.45, 2.75) is 59.1 Å². The number of hydrogen-bond acceptors (Lipinski definition) is 4. The molecule has 1 aliphatic rings. The van der Waals surface area contributed by atoms with Gasteiger partial charge in [-0.15, -0.1) is 0 Å². The minimum absolute atomic E-state index is 0.207. The van der Waals surface area contributed by atoms with E-state index in [4.69, 9.17) is 4.98 Å². The van der Waals surface area contributed by atoms with Gasteiger partial charge in [-0.25, -0.2) is 9.97 Å². The number of benzene rings is 1.